The van der Waals surface area contributed by atoms with E-state index in [2.05, 4.69) is 20.3 Å². The van der Waals surface area contributed by atoms with Crippen molar-refractivity contribution in [2.45, 2.75) is 19.1 Å². The maximum absolute atomic E-state index is 13.4. The molecular formula is C20H20F3N5O2. The summed E-state index contributed by atoms with van der Waals surface area (Å²) >= 11 is 0. The summed E-state index contributed by atoms with van der Waals surface area (Å²) < 4.78 is 45.3. The fourth-order valence-corrected chi connectivity index (χ4v) is 3.42. The molecule has 3 aromatic heterocycles. The molecule has 7 nitrogen and oxygen atoms in total. The number of pyridine rings is 2. The summed E-state index contributed by atoms with van der Waals surface area (Å²) in [5.74, 6) is 0.656. The van der Waals surface area contributed by atoms with E-state index in [4.69, 9.17) is 4.74 Å². The lowest BCUT2D eigenvalue weighted by Gasteiger charge is -2.37. The number of aromatic nitrogens is 3. The third-order valence-corrected chi connectivity index (χ3v) is 4.84. The molecule has 0 aromatic carbocycles. The molecule has 3 N–H and O–H groups in total. The van der Waals surface area contributed by atoms with Crippen LogP contribution in [-0.4, -0.2) is 46.9 Å². The van der Waals surface area contributed by atoms with Crippen molar-refractivity contribution < 1.29 is 17.9 Å². The molecule has 1 atom stereocenters. The second-order valence-electron chi connectivity index (χ2n) is 7.07. The van der Waals surface area contributed by atoms with Crippen LogP contribution in [0.2, 0.25) is 0 Å². The topological polar surface area (TPSA) is 86.0 Å². The van der Waals surface area contributed by atoms with Gasteiger partial charge in [-0.15, -0.1) is 0 Å². The van der Waals surface area contributed by atoms with E-state index >= 15 is 0 Å². The van der Waals surface area contributed by atoms with Gasteiger partial charge in [0.15, 0.2) is 0 Å². The first-order valence-corrected chi connectivity index (χ1v) is 9.33. The number of rotatable bonds is 4. The van der Waals surface area contributed by atoms with Gasteiger partial charge in [0.2, 0.25) is 5.56 Å². The Morgan fingerprint density at radius 1 is 1.23 bits per heavy atom. The fraction of sp³-hybridized carbons (Fsp3) is 0.300. The first-order valence-electron chi connectivity index (χ1n) is 9.33. The Labute approximate surface area is 169 Å². The van der Waals surface area contributed by atoms with E-state index in [-0.39, 0.29) is 19.0 Å². The van der Waals surface area contributed by atoms with Gasteiger partial charge < -0.3 is 24.9 Å². The van der Waals surface area contributed by atoms with E-state index < -0.39 is 24.4 Å². The van der Waals surface area contributed by atoms with Gasteiger partial charge in [-0.2, -0.15) is 13.2 Å². The molecule has 30 heavy (non-hydrogen) atoms. The minimum absolute atomic E-state index is 0.0273. The molecule has 4 heterocycles. The Kier molecular flexibility index (Phi) is 5.25. The van der Waals surface area contributed by atoms with Crippen molar-refractivity contribution in [3.8, 4) is 11.1 Å². The number of hydrogen-bond acceptors (Lipinski definition) is 5. The number of morpholine rings is 1. The number of ether oxygens (including phenoxy) is 1. The van der Waals surface area contributed by atoms with E-state index in [1.165, 1.54) is 6.07 Å². The lowest BCUT2D eigenvalue weighted by molar-refractivity contribution is -0.167. The van der Waals surface area contributed by atoms with Crippen LogP contribution in [0.25, 0.3) is 11.1 Å². The van der Waals surface area contributed by atoms with Crippen LogP contribution >= 0.6 is 0 Å². The Morgan fingerprint density at radius 3 is 2.80 bits per heavy atom. The molecule has 1 saturated heterocycles. The van der Waals surface area contributed by atoms with Crippen LogP contribution in [-0.2, 0) is 4.74 Å². The average molecular weight is 419 g/mol. The van der Waals surface area contributed by atoms with Crippen LogP contribution < -0.4 is 15.8 Å². The molecule has 0 bridgehead atoms. The Hall–Kier alpha value is -3.27. The molecule has 4 rings (SSSR count). The van der Waals surface area contributed by atoms with Gasteiger partial charge in [-0.05, 0) is 42.3 Å². The predicted octanol–water partition coefficient (Wildman–Crippen LogP) is 3.58. The number of nitrogens with zero attached hydrogens (tertiary/aromatic N) is 2. The van der Waals surface area contributed by atoms with E-state index in [0.29, 0.717) is 16.9 Å². The van der Waals surface area contributed by atoms with E-state index in [1.807, 2.05) is 13.0 Å². The normalized spacial score (nSPS) is 17.2. The Balaban J connectivity index is 1.66. The van der Waals surface area contributed by atoms with Gasteiger partial charge in [-0.1, -0.05) is 0 Å². The highest BCUT2D eigenvalue weighted by Crippen LogP contribution is 2.31. The van der Waals surface area contributed by atoms with Crippen molar-refractivity contribution in [2.24, 2.45) is 0 Å². The summed E-state index contributed by atoms with van der Waals surface area (Å²) in [5, 5.41) is 3.15. The summed E-state index contributed by atoms with van der Waals surface area (Å²) in [5.41, 5.74) is 2.48. The zero-order valence-corrected chi connectivity index (χ0v) is 16.1. The summed E-state index contributed by atoms with van der Waals surface area (Å²) in [6, 6.07) is 6.43. The van der Waals surface area contributed by atoms with Crippen molar-refractivity contribution in [3.05, 3.63) is 58.8 Å². The van der Waals surface area contributed by atoms with Crippen LogP contribution in [0.1, 0.15) is 5.69 Å². The lowest BCUT2D eigenvalue weighted by Crippen LogP contribution is -2.54. The maximum Gasteiger partial charge on any atom is 0.411 e. The Morgan fingerprint density at radius 2 is 2.07 bits per heavy atom. The molecule has 1 aliphatic rings. The van der Waals surface area contributed by atoms with Crippen molar-refractivity contribution in [1.82, 2.24) is 15.0 Å². The van der Waals surface area contributed by atoms with Gasteiger partial charge in [-0.3, -0.25) is 4.79 Å². The summed E-state index contributed by atoms with van der Waals surface area (Å²) in [4.78, 5) is 23.2. The van der Waals surface area contributed by atoms with Gasteiger partial charge >= 0.3 is 6.18 Å². The second kappa shape index (κ2) is 7.86. The zero-order valence-electron chi connectivity index (χ0n) is 16.1. The number of hydrogen-bond donors (Lipinski definition) is 3. The van der Waals surface area contributed by atoms with Crippen LogP contribution in [0.4, 0.5) is 30.5 Å². The van der Waals surface area contributed by atoms with Gasteiger partial charge in [0.1, 0.15) is 17.7 Å². The van der Waals surface area contributed by atoms with Crippen molar-refractivity contribution in [2.75, 3.05) is 30.0 Å². The molecule has 10 heteroatoms. The average Bonchev–Trinajstić information content (AvgIpc) is 3.11. The fourth-order valence-electron chi connectivity index (χ4n) is 3.42. The molecule has 0 saturated carbocycles. The largest absolute Gasteiger partial charge is 0.411 e. The highest BCUT2D eigenvalue weighted by Gasteiger charge is 2.45. The predicted molar refractivity (Wildman–Crippen MR) is 107 cm³/mol. The minimum Gasteiger partial charge on any atom is -0.377 e. The highest BCUT2D eigenvalue weighted by molar-refractivity contribution is 5.70. The quantitative estimate of drug-likeness (QED) is 0.602. The van der Waals surface area contributed by atoms with Crippen molar-refractivity contribution >= 4 is 17.3 Å². The summed E-state index contributed by atoms with van der Waals surface area (Å²) in [6.45, 7) is 1.62. The number of aryl methyl sites for hydroxylation is 1. The van der Waals surface area contributed by atoms with Crippen LogP contribution in [0, 0.1) is 6.92 Å². The van der Waals surface area contributed by atoms with Gasteiger partial charge in [0.05, 0.1) is 18.9 Å². The van der Waals surface area contributed by atoms with Gasteiger partial charge in [-0.25, -0.2) is 4.98 Å². The number of nitrogens with one attached hydrogen (secondary N) is 3. The van der Waals surface area contributed by atoms with Crippen molar-refractivity contribution in [1.29, 1.82) is 0 Å². The van der Waals surface area contributed by atoms with Crippen molar-refractivity contribution in [3.63, 3.8) is 0 Å². The van der Waals surface area contributed by atoms with Crippen LogP contribution in [0.15, 0.2) is 47.5 Å². The SMILES string of the molecule is Cc1cc(Nc2cc(-c3cc(N4CCOCC4C(F)(F)F)[nH]c(=O)c3)ccn2)c[nH]1. The van der Waals surface area contributed by atoms with Crippen LogP contribution in [0.3, 0.4) is 0 Å². The third kappa shape index (κ3) is 4.33. The van der Waals surface area contributed by atoms with Crippen LogP contribution in [0.5, 0.6) is 0 Å². The summed E-state index contributed by atoms with van der Waals surface area (Å²) in [7, 11) is 0. The molecule has 3 aromatic rings. The number of alkyl halides is 3. The number of halogens is 3. The monoisotopic (exact) mass is 419 g/mol. The van der Waals surface area contributed by atoms with E-state index in [9.17, 15) is 18.0 Å². The number of H-pyrrole nitrogens is 2. The minimum atomic E-state index is -4.48. The number of aromatic amines is 2. The second-order valence-corrected chi connectivity index (χ2v) is 7.07. The molecule has 158 valence electrons. The molecule has 1 aliphatic heterocycles. The first-order chi connectivity index (χ1) is 14.3. The van der Waals surface area contributed by atoms with E-state index in [1.54, 1.807) is 30.6 Å². The smallest absolute Gasteiger partial charge is 0.377 e. The van der Waals surface area contributed by atoms with E-state index in [0.717, 1.165) is 16.3 Å². The molecule has 0 radical (unpaired) electrons. The lowest BCUT2D eigenvalue weighted by atomic mass is 10.1. The molecule has 1 fully saturated rings. The summed E-state index contributed by atoms with van der Waals surface area (Å²) in [6.07, 6.45) is -1.11. The molecule has 0 aliphatic carbocycles. The van der Waals surface area contributed by atoms with Gasteiger partial charge in [0.25, 0.3) is 0 Å². The molecular weight excluding hydrogens is 399 g/mol. The molecule has 0 spiro atoms. The third-order valence-electron chi connectivity index (χ3n) is 4.84. The Bertz CT molecular complexity index is 1090. The standard InChI is InChI=1S/C20H20F3N5O2/c1-12-6-15(10-25-12)26-17-7-13(2-3-24-17)14-8-18(27-19(29)9-14)28-4-5-30-11-16(28)20(21,22)23/h2-3,6-10,16,25H,4-5,11H2,1H3,(H,24,26)(H,27,29). The highest BCUT2D eigenvalue weighted by atomic mass is 19.4. The molecule has 0 amide bonds. The zero-order chi connectivity index (χ0) is 21.3. The van der Waals surface area contributed by atoms with Gasteiger partial charge in [0, 0.05) is 30.7 Å². The first kappa shape index (κ1) is 20.0. The maximum atomic E-state index is 13.4. The molecule has 1 unspecified atom stereocenters. The number of anilines is 3.